The summed E-state index contributed by atoms with van der Waals surface area (Å²) in [4.78, 5) is 1.79. The normalized spacial score (nSPS) is 16.0. The fraction of sp³-hybridized carbons (Fsp3) is 0.424. The summed E-state index contributed by atoms with van der Waals surface area (Å²) in [6.07, 6.45) is 2.15. The topological polar surface area (TPSA) is 33.7 Å². The van der Waals surface area contributed by atoms with Gasteiger partial charge in [0.1, 0.15) is 17.1 Å². The number of thiocarbonyl (C=S) groups is 1. The lowest BCUT2D eigenvalue weighted by Gasteiger charge is -2.35. The molecule has 206 valence electrons. The molecule has 1 N–H and O–H groups in total. The fourth-order valence-electron chi connectivity index (χ4n) is 4.62. The minimum atomic E-state index is -0.210. The van der Waals surface area contributed by atoms with Gasteiger partial charge in [-0.3, -0.25) is 0 Å². The summed E-state index contributed by atoms with van der Waals surface area (Å²) in [5, 5.41) is 3.21. The van der Waals surface area contributed by atoms with E-state index in [-0.39, 0.29) is 11.5 Å². The van der Waals surface area contributed by atoms with E-state index >= 15 is 0 Å². The van der Waals surface area contributed by atoms with Crippen molar-refractivity contribution >= 4 is 17.4 Å². The van der Waals surface area contributed by atoms with E-state index in [1.54, 1.807) is 4.90 Å². The lowest BCUT2D eigenvalue weighted by atomic mass is 9.69. The summed E-state index contributed by atoms with van der Waals surface area (Å²) < 4.78 is 12.0. The molecule has 0 heterocycles. The molecule has 0 saturated carbocycles. The highest BCUT2D eigenvalue weighted by Crippen LogP contribution is 2.47. The number of rotatable bonds is 4. The second-order valence-electron chi connectivity index (χ2n) is 10.4. The average molecular weight is 535 g/mol. The van der Waals surface area contributed by atoms with Gasteiger partial charge in [0.25, 0.3) is 5.17 Å². The highest BCUT2D eigenvalue weighted by atomic mass is 32.1. The number of fused-ring (bicyclic) bond motifs is 1. The van der Waals surface area contributed by atoms with E-state index in [9.17, 15) is 0 Å². The number of nitrogens with zero attached hydrogens (tertiary/aromatic N) is 1. The van der Waals surface area contributed by atoms with E-state index in [4.69, 9.17) is 21.7 Å². The first-order chi connectivity index (χ1) is 18.1. The molecular formula is C33H46N2O2S. The minimum Gasteiger partial charge on any atom is -0.488 e. The maximum absolute atomic E-state index is 6.16. The Morgan fingerprint density at radius 3 is 2.00 bits per heavy atom. The van der Waals surface area contributed by atoms with Crippen LogP contribution in [-0.2, 0) is 6.42 Å². The summed E-state index contributed by atoms with van der Waals surface area (Å²) in [6, 6.07) is 25.9. The van der Waals surface area contributed by atoms with Crippen LogP contribution < -0.4 is 14.8 Å². The number of hydrogen-bond acceptors (Lipinski definition) is 4. The molecule has 5 heteroatoms. The highest BCUT2D eigenvalue weighted by molar-refractivity contribution is 7.80. The van der Waals surface area contributed by atoms with E-state index in [1.807, 2.05) is 54.2 Å². The molecule has 2 atom stereocenters. The number of hydrogen-bond donors (Lipinski definition) is 1. The monoisotopic (exact) mass is 534 g/mol. The second kappa shape index (κ2) is 14.9. The standard InChI is InChI=1S/C29H33NO2S.C2H7N.C2H6/c1-29(2,3)32-24-16-18-26-22(19-24)13-17-25(20-9-7-6-8-10-20)27(26)21-11-14-23(15-12-21)31-28(33)30(4)5;1-3-2;1-2/h6-12,14-16,18-19,25,27H,13,17H2,1-5H3;3H,1-2H3;1-2H3. The number of aryl methyl sites for hydroxylation is 1. The average Bonchev–Trinajstić information content (AvgIpc) is 2.89. The minimum absolute atomic E-state index is 0.210. The molecule has 38 heavy (non-hydrogen) atoms. The van der Waals surface area contributed by atoms with Crippen molar-refractivity contribution in [3.8, 4) is 11.5 Å². The first-order valence-corrected chi connectivity index (χ1v) is 14.0. The van der Waals surface area contributed by atoms with Gasteiger partial charge in [0.05, 0.1) is 0 Å². The van der Waals surface area contributed by atoms with Crippen LogP contribution in [0.15, 0.2) is 72.8 Å². The Morgan fingerprint density at radius 2 is 1.45 bits per heavy atom. The zero-order valence-corrected chi connectivity index (χ0v) is 25.5. The molecule has 0 spiro atoms. The van der Waals surface area contributed by atoms with Gasteiger partial charge in [-0.25, -0.2) is 0 Å². The van der Waals surface area contributed by atoms with Crippen LogP contribution in [0.4, 0.5) is 0 Å². The molecule has 1 aliphatic carbocycles. The van der Waals surface area contributed by atoms with Gasteiger partial charge in [0, 0.05) is 20.0 Å². The molecule has 0 aromatic heterocycles. The molecule has 2 unspecified atom stereocenters. The van der Waals surface area contributed by atoms with Crippen LogP contribution in [0.2, 0.25) is 0 Å². The van der Waals surface area contributed by atoms with Crippen LogP contribution in [0, 0.1) is 0 Å². The van der Waals surface area contributed by atoms with Crippen LogP contribution in [-0.4, -0.2) is 43.9 Å². The van der Waals surface area contributed by atoms with Crippen LogP contribution in [0.3, 0.4) is 0 Å². The summed E-state index contributed by atoms with van der Waals surface area (Å²) in [5.41, 5.74) is 5.23. The largest absolute Gasteiger partial charge is 0.488 e. The SMILES string of the molecule is CC.CN(C)C(=S)Oc1ccc(C2c3ccc(OC(C)(C)C)cc3CCC2c2ccccc2)cc1.CNC. The van der Waals surface area contributed by atoms with Gasteiger partial charge < -0.3 is 19.7 Å². The smallest absolute Gasteiger partial charge is 0.264 e. The predicted octanol–water partition coefficient (Wildman–Crippen LogP) is 7.81. The van der Waals surface area contributed by atoms with Gasteiger partial charge in [-0.1, -0.05) is 62.4 Å². The molecule has 0 amide bonds. The third kappa shape index (κ3) is 8.85. The molecule has 4 nitrogen and oxygen atoms in total. The zero-order chi connectivity index (χ0) is 28.3. The van der Waals surface area contributed by atoms with Gasteiger partial charge in [0.15, 0.2) is 0 Å². The molecule has 3 aromatic carbocycles. The van der Waals surface area contributed by atoms with Crippen molar-refractivity contribution in [3.05, 3.63) is 95.1 Å². The van der Waals surface area contributed by atoms with Gasteiger partial charge in [-0.15, -0.1) is 0 Å². The van der Waals surface area contributed by atoms with Gasteiger partial charge in [-0.05, 0) is 112 Å². The number of nitrogens with one attached hydrogen (secondary N) is 1. The lowest BCUT2D eigenvalue weighted by molar-refractivity contribution is 0.130. The van der Waals surface area contributed by atoms with Gasteiger partial charge in [0.2, 0.25) is 0 Å². The fourth-order valence-corrected chi connectivity index (χ4v) is 4.72. The summed E-state index contributed by atoms with van der Waals surface area (Å²) >= 11 is 5.29. The lowest BCUT2D eigenvalue weighted by Crippen LogP contribution is -2.25. The Kier molecular flexibility index (Phi) is 12.3. The Bertz CT molecular complexity index is 1120. The van der Waals surface area contributed by atoms with Crippen molar-refractivity contribution < 1.29 is 9.47 Å². The summed E-state index contributed by atoms with van der Waals surface area (Å²) in [6.45, 7) is 10.3. The highest BCUT2D eigenvalue weighted by Gasteiger charge is 2.32. The Balaban J connectivity index is 0.000000947. The molecule has 0 fully saturated rings. The van der Waals surface area contributed by atoms with E-state index in [0.717, 1.165) is 24.3 Å². The quantitative estimate of drug-likeness (QED) is 0.345. The van der Waals surface area contributed by atoms with E-state index in [2.05, 4.69) is 86.8 Å². The van der Waals surface area contributed by atoms with Crippen LogP contribution in [0.5, 0.6) is 11.5 Å². The van der Waals surface area contributed by atoms with Crippen LogP contribution in [0.1, 0.15) is 75.1 Å². The molecule has 1 aliphatic rings. The molecule has 0 bridgehead atoms. The van der Waals surface area contributed by atoms with Gasteiger partial charge >= 0.3 is 0 Å². The van der Waals surface area contributed by atoms with Crippen molar-refractivity contribution in [2.45, 2.75) is 64.9 Å². The third-order valence-corrected chi connectivity index (χ3v) is 6.49. The summed E-state index contributed by atoms with van der Waals surface area (Å²) in [5.74, 6) is 2.40. The summed E-state index contributed by atoms with van der Waals surface area (Å²) in [7, 11) is 7.52. The van der Waals surface area contributed by atoms with E-state index in [0.29, 0.717) is 11.1 Å². The predicted molar refractivity (Wildman–Crippen MR) is 166 cm³/mol. The maximum atomic E-state index is 6.16. The van der Waals surface area contributed by atoms with Crippen molar-refractivity contribution in [3.63, 3.8) is 0 Å². The van der Waals surface area contributed by atoms with Gasteiger partial charge in [-0.2, -0.15) is 0 Å². The Labute approximate surface area is 236 Å². The Morgan fingerprint density at radius 1 is 0.868 bits per heavy atom. The second-order valence-corrected chi connectivity index (χ2v) is 10.8. The van der Waals surface area contributed by atoms with Crippen LogP contribution >= 0.6 is 12.2 Å². The molecule has 3 aromatic rings. The van der Waals surface area contributed by atoms with Crippen molar-refractivity contribution in [1.29, 1.82) is 0 Å². The van der Waals surface area contributed by atoms with Crippen molar-refractivity contribution in [2.75, 3.05) is 28.2 Å². The molecular weight excluding hydrogens is 488 g/mol. The van der Waals surface area contributed by atoms with Crippen molar-refractivity contribution in [2.24, 2.45) is 0 Å². The van der Waals surface area contributed by atoms with Crippen LogP contribution in [0.25, 0.3) is 0 Å². The first-order valence-electron chi connectivity index (χ1n) is 13.6. The zero-order valence-electron chi connectivity index (χ0n) is 24.7. The molecule has 0 aliphatic heterocycles. The van der Waals surface area contributed by atoms with E-state index in [1.165, 1.54) is 22.3 Å². The molecule has 4 rings (SSSR count). The molecule has 0 radical (unpaired) electrons. The first kappa shape index (κ1) is 31.3. The molecule has 0 saturated heterocycles. The Hall–Kier alpha value is -2.89. The van der Waals surface area contributed by atoms with Crippen molar-refractivity contribution in [1.82, 2.24) is 10.2 Å². The number of benzene rings is 3. The third-order valence-electron chi connectivity index (χ3n) is 6.04. The van der Waals surface area contributed by atoms with E-state index < -0.39 is 0 Å². The maximum Gasteiger partial charge on any atom is 0.264 e. The number of ether oxygens (including phenoxy) is 2.